The van der Waals surface area contributed by atoms with E-state index in [1.807, 2.05) is 6.07 Å². The van der Waals surface area contributed by atoms with Crippen LogP contribution < -0.4 is 15.5 Å². The molecule has 0 aromatic carbocycles. The molecule has 0 amide bonds. The van der Waals surface area contributed by atoms with Crippen molar-refractivity contribution in [3.63, 3.8) is 0 Å². The second kappa shape index (κ2) is 9.85. The Morgan fingerprint density at radius 1 is 1.22 bits per heavy atom. The van der Waals surface area contributed by atoms with E-state index in [1.54, 1.807) is 12.4 Å². The largest absolute Gasteiger partial charge is 0.373 e. The number of nitrogens with zero attached hydrogens (tertiary/aromatic N) is 5. The van der Waals surface area contributed by atoms with Crippen molar-refractivity contribution < 1.29 is 4.74 Å². The van der Waals surface area contributed by atoms with Gasteiger partial charge in [-0.3, -0.25) is 9.89 Å². The van der Waals surface area contributed by atoms with Crippen molar-refractivity contribution >= 4 is 11.9 Å². The fraction of sp³-hybridized carbons (Fsp3) is 0.737. The van der Waals surface area contributed by atoms with Gasteiger partial charge in [0.1, 0.15) is 0 Å². The first-order chi connectivity index (χ1) is 13.2. The van der Waals surface area contributed by atoms with Crippen LogP contribution >= 0.6 is 0 Å². The number of piperazine rings is 1. The summed E-state index contributed by atoms with van der Waals surface area (Å²) in [6, 6.07) is 1.86. The molecule has 8 nitrogen and oxygen atoms in total. The highest BCUT2D eigenvalue weighted by Gasteiger charge is 2.29. The van der Waals surface area contributed by atoms with Crippen LogP contribution in [0.2, 0.25) is 0 Å². The van der Waals surface area contributed by atoms with Crippen LogP contribution in [0, 0.1) is 0 Å². The van der Waals surface area contributed by atoms with Crippen LogP contribution in [-0.2, 0) is 4.74 Å². The molecule has 2 saturated heterocycles. The highest BCUT2D eigenvalue weighted by molar-refractivity contribution is 5.79. The van der Waals surface area contributed by atoms with Crippen molar-refractivity contribution in [1.29, 1.82) is 0 Å². The molecule has 2 aliphatic heterocycles. The highest BCUT2D eigenvalue weighted by Crippen LogP contribution is 2.24. The van der Waals surface area contributed by atoms with E-state index in [0.29, 0.717) is 6.54 Å². The van der Waals surface area contributed by atoms with Crippen LogP contribution in [0.4, 0.5) is 5.95 Å². The van der Waals surface area contributed by atoms with Crippen molar-refractivity contribution in [1.82, 2.24) is 25.5 Å². The van der Waals surface area contributed by atoms with Gasteiger partial charge in [0.05, 0.1) is 12.1 Å². The van der Waals surface area contributed by atoms with Gasteiger partial charge in [0, 0.05) is 64.8 Å². The number of anilines is 1. The van der Waals surface area contributed by atoms with Crippen molar-refractivity contribution in [2.45, 2.75) is 32.3 Å². The van der Waals surface area contributed by atoms with Gasteiger partial charge in [-0.05, 0) is 32.8 Å². The first-order valence-corrected chi connectivity index (χ1v) is 10.1. The van der Waals surface area contributed by atoms with Gasteiger partial charge in [0.15, 0.2) is 5.96 Å². The third-order valence-electron chi connectivity index (χ3n) is 5.14. The van der Waals surface area contributed by atoms with E-state index in [-0.39, 0.29) is 5.60 Å². The summed E-state index contributed by atoms with van der Waals surface area (Å²) < 4.78 is 5.83. The van der Waals surface area contributed by atoms with Gasteiger partial charge in [-0.2, -0.15) is 0 Å². The molecule has 8 heteroatoms. The number of aliphatic imine (C=N–C) groups is 1. The zero-order valence-corrected chi connectivity index (χ0v) is 16.7. The molecule has 1 unspecified atom stereocenters. The van der Waals surface area contributed by atoms with Gasteiger partial charge in [-0.25, -0.2) is 9.97 Å². The van der Waals surface area contributed by atoms with Crippen LogP contribution in [0.15, 0.2) is 23.5 Å². The SMILES string of the molecule is CCNC(=NCC1(C)CCCO1)NCCN1CCN(c2ncccn2)CC1. The molecule has 1 atom stereocenters. The summed E-state index contributed by atoms with van der Waals surface area (Å²) in [6.07, 6.45) is 5.83. The summed E-state index contributed by atoms with van der Waals surface area (Å²) in [5.41, 5.74) is -0.0990. The number of guanidine groups is 1. The van der Waals surface area contributed by atoms with Crippen molar-refractivity contribution in [3.8, 4) is 0 Å². The average molecular weight is 376 g/mol. The number of nitrogens with one attached hydrogen (secondary N) is 2. The monoisotopic (exact) mass is 375 g/mol. The van der Waals surface area contributed by atoms with Gasteiger partial charge in [0.25, 0.3) is 0 Å². The zero-order chi connectivity index (χ0) is 19.0. The maximum absolute atomic E-state index is 5.83. The normalized spacial score (nSPS) is 24.2. The van der Waals surface area contributed by atoms with Crippen molar-refractivity contribution in [3.05, 3.63) is 18.5 Å². The quantitative estimate of drug-likeness (QED) is 0.537. The van der Waals surface area contributed by atoms with Gasteiger partial charge >= 0.3 is 0 Å². The van der Waals surface area contributed by atoms with Gasteiger partial charge in [-0.15, -0.1) is 0 Å². The zero-order valence-electron chi connectivity index (χ0n) is 16.7. The molecule has 0 radical (unpaired) electrons. The van der Waals surface area contributed by atoms with Gasteiger partial charge in [0.2, 0.25) is 5.95 Å². The van der Waals surface area contributed by atoms with E-state index < -0.39 is 0 Å². The fourth-order valence-corrected chi connectivity index (χ4v) is 3.51. The Kier molecular flexibility index (Phi) is 7.23. The van der Waals surface area contributed by atoms with Crippen LogP contribution in [0.1, 0.15) is 26.7 Å². The number of ether oxygens (including phenoxy) is 1. The van der Waals surface area contributed by atoms with E-state index in [0.717, 1.165) is 77.2 Å². The lowest BCUT2D eigenvalue weighted by Gasteiger charge is -2.34. The predicted octanol–water partition coefficient (Wildman–Crippen LogP) is 0.723. The molecule has 3 rings (SSSR count). The van der Waals surface area contributed by atoms with Gasteiger partial charge in [-0.1, -0.05) is 0 Å². The molecule has 0 spiro atoms. The Morgan fingerprint density at radius 3 is 2.67 bits per heavy atom. The molecule has 3 heterocycles. The second-order valence-corrected chi connectivity index (χ2v) is 7.40. The average Bonchev–Trinajstić information content (AvgIpc) is 3.14. The standard InChI is InChI=1S/C19H33N7O/c1-3-20-17(24-16-19(2)6-4-15-27-19)21-9-10-25-11-13-26(14-12-25)18-22-7-5-8-23-18/h5,7-8H,3-4,6,9-16H2,1-2H3,(H2,20,21,24). The molecule has 1 aromatic rings. The van der Waals surface area contributed by atoms with Crippen molar-refractivity contribution in [2.24, 2.45) is 4.99 Å². The van der Waals surface area contributed by atoms with Gasteiger partial charge < -0.3 is 20.3 Å². The number of rotatable bonds is 7. The minimum Gasteiger partial charge on any atom is -0.373 e. The lowest BCUT2D eigenvalue weighted by atomic mass is 10.0. The number of hydrogen-bond acceptors (Lipinski definition) is 6. The molecule has 2 aliphatic rings. The van der Waals surface area contributed by atoms with E-state index >= 15 is 0 Å². The third kappa shape index (κ3) is 6.04. The molecular weight excluding hydrogens is 342 g/mol. The molecule has 27 heavy (non-hydrogen) atoms. The third-order valence-corrected chi connectivity index (χ3v) is 5.14. The topological polar surface area (TPSA) is 77.9 Å². The first kappa shape index (κ1) is 19.8. The summed E-state index contributed by atoms with van der Waals surface area (Å²) in [5, 5.41) is 6.79. The second-order valence-electron chi connectivity index (χ2n) is 7.40. The Morgan fingerprint density at radius 2 is 2.00 bits per heavy atom. The summed E-state index contributed by atoms with van der Waals surface area (Å²) in [5.74, 6) is 1.71. The number of hydrogen-bond donors (Lipinski definition) is 2. The van der Waals surface area contributed by atoms with E-state index in [2.05, 4.69) is 44.2 Å². The minimum absolute atomic E-state index is 0.0990. The lowest BCUT2D eigenvalue weighted by Crippen LogP contribution is -2.49. The first-order valence-electron chi connectivity index (χ1n) is 10.1. The van der Waals surface area contributed by atoms with Crippen molar-refractivity contribution in [2.75, 3.05) is 63.9 Å². The molecule has 150 valence electrons. The molecular formula is C19H33N7O. The summed E-state index contributed by atoms with van der Waals surface area (Å²) in [7, 11) is 0. The Bertz CT molecular complexity index is 581. The minimum atomic E-state index is -0.0990. The van der Waals surface area contributed by atoms with E-state index in [1.165, 1.54) is 0 Å². The lowest BCUT2D eigenvalue weighted by molar-refractivity contribution is 0.0283. The molecule has 2 fully saturated rings. The molecule has 0 aliphatic carbocycles. The number of aromatic nitrogens is 2. The molecule has 2 N–H and O–H groups in total. The molecule has 0 bridgehead atoms. The predicted molar refractivity (Wildman–Crippen MR) is 108 cm³/mol. The Hall–Kier alpha value is -1.93. The maximum Gasteiger partial charge on any atom is 0.225 e. The van der Waals surface area contributed by atoms with E-state index in [9.17, 15) is 0 Å². The van der Waals surface area contributed by atoms with Crippen LogP contribution in [0.3, 0.4) is 0 Å². The molecule has 1 aromatic heterocycles. The van der Waals surface area contributed by atoms with Crippen LogP contribution in [0.25, 0.3) is 0 Å². The fourth-order valence-electron chi connectivity index (χ4n) is 3.51. The summed E-state index contributed by atoms with van der Waals surface area (Å²) in [4.78, 5) is 18.1. The van der Waals surface area contributed by atoms with Crippen LogP contribution in [-0.4, -0.2) is 85.4 Å². The van der Waals surface area contributed by atoms with Crippen LogP contribution in [0.5, 0.6) is 0 Å². The summed E-state index contributed by atoms with van der Waals surface area (Å²) in [6.45, 7) is 12.5. The van der Waals surface area contributed by atoms with E-state index in [4.69, 9.17) is 9.73 Å². The smallest absolute Gasteiger partial charge is 0.225 e. The summed E-state index contributed by atoms with van der Waals surface area (Å²) >= 11 is 0. The maximum atomic E-state index is 5.83. The Balaban J connectivity index is 1.39. The highest BCUT2D eigenvalue weighted by atomic mass is 16.5. The molecule has 0 saturated carbocycles. The Labute approximate surface area is 162 Å².